The maximum absolute atomic E-state index is 15.2. The molecule has 7 rings (SSSR count). The zero-order valence-electron chi connectivity index (χ0n) is 24.7. The molecule has 0 bridgehead atoms. The van der Waals surface area contributed by atoms with Gasteiger partial charge in [0.1, 0.15) is 39.7 Å². The number of anilines is 2. The van der Waals surface area contributed by atoms with Gasteiger partial charge >= 0.3 is 6.18 Å². The van der Waals surface area contributed by atoms with Crippen molar-refractivity contribution in [3.8, 4) is 17.0 Å². The molecule has 2 saturated heterocycles. The van der Waals surface area contributed by atoms with Crippen molar-refractivity contribution in [2.24, 2.45) is 12.5 Å². The fourth-order valence-corrected chi connectivity index (χ4v) is 6.87. The molecule has 1 saturated carbocycles. The minimum Gasteiger partial charge on any atom is -0.493 e. The highest BCUT2D eigenvalue weighted by atomic mass is 19.4. The number of fused-ring (bicyclic) bond motifs is 2. The molecule has 1 aliphatic carbocycles. The molecule has 1 aromatic carbocycles. The topological polar surface area (TPSA) is 133 Å². The summed E-state index contributed by atoms with van der Waals surface area (Å²) in [4.78, 5) is 36.6. The Morgan fingerprint density at radius 1 is 1.20 bits per heavy atom. The molecule has 5 heterocycles. The van der Waals surface area contributed by atoms with Gasteiger partial charge in [-0.3, -0.25) is 18.7 Å². The number of ether oxygens (including phenoxy) is 1. The average molecular weight is 645 g/mol. The summed E-state index contributed by atoms with van der Waals surface area (Å²) in [6, 6.07) is 4.08. The number of rotatable bonds is 6. The molecule has 3 aliphatic rings. The van der Waals surface area contributed by atoms with Gasteiger partial charge in [0.05, 0.1) is 12.6 Å². The molecule has 0 unspecified atom stereocenters. The monoisotopic (exact) mass is 644 g/mol. The number of benzene rings is 1. The van der Waals surface area contributed by atoms with Crippen molar-refractivity contribution in [1.82, 2.24) is 29.0 Å². The summed E-state index contributed by atoms with van der Waals surface area (Å²) in [6.07, 6.45) is -0.593. The number of alkyl halides is 5. The fourth-order valence-electron chi connectivity index (χ4n) is 6.87. The SMILES string of the molecule is CCOc1cc(C(=O)Nc2cc(C(F)(F)F)n(C)n2)ccc1-c1nc([C@@H]2CC[C@@H]3N(C2)C(=O)C2(CC2)C3(F)F)n2ccnc(N)c12. The van der Waals surface area contributed by atoms with E-state index in [0.717, 1.165) is 13.1 Å². The summed E-state index contributed by atoms with van der Waals surface area (Å²) in [5.74, 6) is -4.02. The molecular formula is C30H29F5N8O3. The fraction of sp³-hybridized carbons (Fsp3) is 0.433. The Morgan fingerprint density at radius 3 is 2.63 bits per heavy atom. The van der Waals surface area contributed by atoms with Crippen molar-refractivity contribution in [1.29, 1.82) is 0 Å². The molecule has 4 aromatic rings. The van der Waals surface area contributed by atoms with Gasteiger partial charge in [-0.1, -0.05) is 0 Å². The van der Waals surface area contributed by atoms with Gasteiger partial charge in [0.15, 0.2) is 5.82 Å². The normalized spacial score (nSPS) is 21.5. The van der Waals surface area contributed by atoms with E-state index in [1.54, 1.807) is 23.6 Å². The number of nitrogens with zero attached hydrogens (tertiary/aromatic N) is 6. The maximum atomic E-state index is 15.2. The predicted molar refractivity (Wildman–Crippen MR) is 154 cm³/mol. The number of amides is 2. The number of nitrogens with two attached hydrogens (primary N) is 1. The third kappa shape index (κ3) is 4.40. The third-order valence-electron chi connectivity index (χ3n) is 9.24. The largest absolute Gasteiger partial charge is 0.493 e. The minimum atomic E-state index is -4.65. The molecule has 1 spiro atoms. The van der Waals surface area contributed by atoms with E-state index in [1.807, 2.05) is 0 Å². The number of aryl methyl sites for hydroxylation is 1. The van der Waals surface area contributed by atoms with E-state index in [1.165, 1.54) is 23.2 Å². The van der Waals surface area contributed by atoms with Gasteiger partial charge in [0.25, 0.3) is 11.8 Å². The minimum absolute atomic E-state index is 0.0852. The molecule has 16 heteroatoms. The standard InChI is InChI=1S/C30H29F5N8O3/c1-3-46-18-12-15(26(44)38-21-13-20(30(33,34)35)41(2)40-21)4-6-17(18)22-23-24(36)37-10-11-42(23)25(39-22)16-5-7-19-29(31,32)28(8-9-28)27(45)43(19)14-16/h4,6,10-13,16,19H,3,5,7-9,14H2,1-2H3,(H2,36,37)(H,38,40,44)/t16-,19+/m1/s1. The Morgan fingerprint density at radius 2 is 1.96 bits per heavy atom. The molecular weight excluding hydrogens is 615 g/mol. The van der Waals surface area contributed by atoms with Crippen LogP contribution < -0.4 is 15.8 Å². The first kappa shape index (κ1) is 29.9. The highest BCUT2D eigenvalue weighted by molar-refractivity contribution is 6.04. The van der Waals surface area contributed by atoms with Crippen LogP contribution in [0.2, 0.25) is 0 Å². The van der Waals surface area contributed by atoms with Gasteiger partial charge in [0, 0.05) is 49.1 Å². The zero-order valence-corrected chi connectivity index (χ0v) is 24.7. The quantitative estimate of drug-likeness (QED) is 0.286. The molecule has 3 fully saturated rings. The number of nitrogen functional groups attached to an aromatic ring is 1. The van der Waals surface area contributed by atoms with E-state index in [9.17, 15) is 22.8 Å². The maximum Gasteiger partial charge on any atom is 0.433 e. The van der Waals surface area contributed by atoms with Gasteiger partial charge < -0.3 is 20.7 Å². The van der Waals surface area contributed by atoms with Gasteiger partial charge in [-0.25, -0.2) is 18.7 Å². The lowest BCUT2D eigenvalue weighted by Gasteiger charge is -2.36. The first-order valence-corrected chi connectivity index (χ1v) is 14.8. The van der Waals surface area contributed by atoms with Crippen LogP contribution in [0.25, 0.3) is 16.8 Å². The summed E-state index contributed by atoms with van der Waals surface area (Å²) < 4.78 is 78.3. The Bertz CT molecular complexity index is 1900. The number of hydrogen-bond donors (Lipinski definition) is 2. The molecule has 242 valence electrons. The molecule has 2 atom stereocenters. The molecule has 0 radical (unpaired) electrons. The van der Waals surface area contributed by atoms with Crippen LogP contribution in [0.4, 0.5) is 33.6 Å². The second kappa shape index (κ2) is 10.1. The Labute approximate surface area is 258 Å². The Balaban J connectivity index is 1.23. The smallest absolute Gasteiger partial charge is 0.433 e. The van der Waals surface area contributed by atoms with Crippen LogP contribution in [0.3, 0.4) is 0 Å². The van der Waals surface area contributed by atoms with Gasteiger partial charge in [0.2, 0.25) is 5.91 Å². The van der Waals surface area contributed by atoms with E-state index in [4.69, 9.17) is 15.5 Å². The number of aromatic nitrogens is 5. The van der Waals surface area contributed by atoms with Crippen molar-refractivity contribution in [3.05, 3.63) is 53.7 Å². The van der Waals surface area contributed by atoms with E-state index in [2.05, 4.69) is 15.4 Å². The number of hydrogen-bond acceptors (Lipinski definition) is 7. The second-order valence-electron chi connectivity index (χ2n) is 11.9. The van der Waals surface area contributed by atoms with Crippen molar-refractivity contribution >= 4 is 29.0 Å². The van der Waals surface area contributed by atoms with Crippen LogP contribution >= 0.6 is 0 Å². The van der Waals surface area contributed by atoms with Crippen LogP contribution in [-0.2, 0) is 18.0 Å². The third-order valence-corrected chi connectivity index (χ3v) is 9.24. The van der Waals surface area contributed by atoms with E-state index in [-0.39, 0.29) is 61.3 Å². The molecule has 3 N–H and O–H groups in total. The van der Waals surface area contributed by atoms with Gasteiger partial charge in [-0.05, 0) is 50.8 Å². The van der Waals surface area contributed by atoms with Crippen LogP contribution in [0.15, 0.2) is 36.7 Å². The van der Waals surface area contributed by atoms with Crippen molar-refractivity contribution in [2.75, 3.05) is 24.2 Å². The number of carbonyl (C=O) groups is 2. The van der Waals surface area contributed by atoms with Crippen molar-refractivity contribution < 1.29 is 36.3 Å². The molecule has 11 nitrogen and oxygen atoms in total. The van der Waals surface area contributed by atoms with E-state index >= 15 is 8.78 Å². The van der Waals surface area contributed by atoms with Crippen LogP contribution in [0.1, 0.15) is 60.4 Å². The summed E-state index contributed by atoms with van der Waals surface area (Å²) in [6.45, 7) is 2.03. The first-order valence-electron chi connectivity index (χ1n) is 14.8. The highest BCUT2D eigenvalue weighted by Gasteiger charge is 2.77. The molecule has 2 aliphatic heterocycles. The number of piperidine rings is 1. The zero-order chi connectivity index (χ0) is 32.8. The number of nitrogens with one attached hydrogen (secondary N) is 1. The molecule has 3 aromatic heterocycles. The predicted octanol–water partition coefficient (Wildman–Crippen LogP) is 4.89. The number of halogens is 5. The lowest BCUT2D eigenvalue weighted by atomic mass is 9.89. The summed E-state index contributed by atoms with van der Waals surface area (Å²) in [7, 11) is 1.12. The Kier molecular flexibility index (Phi) is 6.58. The van der Waals surface area contributed by atoms with Gasteiger partial charge in [-0.2, -0.15) is 18.3 Å². The van der Waals surface area contributed by atoms with Crippen molar-refractivity contribution in [3.63, 3.8) is 0 Å². The van der Waals surface area contributed by atoms with Crippen LogP contribution in [0, 0.1) is 5.41 Å². The van der Waals surface area contributed by atoms with Gasteiger partial charge in [-0.15, -0.1) is 0 Å². The first-order chi connectivity index (χ1) is 21.8. The summed E-state index contributed by atoms with van der Waals surface area (Å²) in [5.41, 5.74) is 5.07. The molecule has 2 amide bonds. The lowest BCUT2D eigenvalue weighted by molar-refractivity contribution is -0.143. The summed E-state index contributed by atoms with van der Waals surface area (Å²) in [5, 5.41) is 6.12. The summed E-state index contributed by atoms with van der Waals surface area (Å²) >= 11 is 0. The highest BCUT2D eigenvalue weighted by Crippen LogP contribution is 2.65. The second-order valence-corrected chi connectivity index (χ2v) is 11.9. The van der Waals surface area contributed by atoms with Crippen molar-refractivity contribution in [2.45, 2.75) is 56.7 Å². The molecule has 46 heavy (non-hydrogen) atoms. The van der Waals surface area contributed by atoms with E-state index in [0.29, 0.717) is 33.7 Å². The number of imidazole rings is 1. The lowest BCUT2D eigenvalue weighted by Crippen LogP contribution is -2.46. The van der Waals surface area contributed by atoms with E-state index < -0.39 is 41.1 Å². The average Bonchev–Trinajstić information content (AvgIpc) is 3.57. The van der Waals surface area contributed by atoms with Crippen LogP contribution in [0.5, 0.6) is 5.75 Å². The number of carbonyl (C=O) groups excluding carboxylic acids is 2. The van der Waals surface area contributed by atoms with Crippen LogP contribution in [-0.4, -0.2) is 66.0 Å². The Hall–Kier alpha value is -4.76.